The molecule has 1 aliphatic rings. The maximum Gasteiger partial charge on any atom is 0.408 e. The maximum absolute atomic E-state index is 13.9. The fraction of sp³-hybridized carbons (Fsp3) is 0.423. The smallest absolute Gasteiger partial charge is 0.408 e. The Hall–Kier alpha value is -3.50. The summed E-state index contributed by atoms with van der Waals surface area (Å²) in [4.78, 5) is 39.8. The van der Waals surface area contributed by atoms with Crippen LogP contribution in [0.4, 0.5) is 9.18 Å². The van der Waals surface area contributed by atoms with Crippen LogP contribution in [0.15, 0.2) is 48.5 Å². The first-order chi connectivity index (χ1) is 17.4. The van der Waals surface area contributed by atoms with Crippen molar-refractivity contribution in [3.8, 4) is 0 Å². The minimum atomic E-state index is -1.19. The molecule has 194 valence electrons. The predicted octanol–water partition coefficient (Wildman–Crippen LogP) is 2.29. The van der Waals surface area contributed by atoms with E-state index in [0.717, 1.165) is 24.7 Å². The zero-order valence-electron chi connectivity index (χ0n) is 20.3. The first-order valence-corrected chi connectivity index (χ1v) is 12.0. The number of aryl methyl sites for hydroxylation is 1. The van der Waals surface area contributed by atoms with E-state index in [1.807, 2.05) is 25.1 Å². The molecule has 3 rings (SSSR count). The molecule has 0 spiro atoms. The quantitative estimate of drug-likeness (QED) is 0.455. The van der Waals surface area contributed by atoms with Gasteiger partial charge in [0, 0.05) is 31.7 Å². The highest BCUT2D eigenvalue weighted by atomic mass is 19.1. The number of nitrogens with one attached hydrogen (secondary N) is 2. The zero-order chi connectivity index (χ0) is 25.8. The molecule has 10 heteroatoms. The third-order valence-corrected chi connectivity index (χ3v) is 5.64. The second-order valence-electron chi connectivity index (χ2n) is 8.29. The van der Waals surface area contributed by atoms with Crippen molar-refractivity contribution in [2.75, 3.05) is 46.0 Å². The minimum Gasteiger partial charge on any atom is -0.463 e. The Bertz CT molecular complexity index is 1010. The highest BCUT2D eigenvalue weighted by Gasteiger charge is 2.25. The van der Waals surface area contributed by atoms with Crippen LogP contribution in [0.1, 0.15) is 28.4 Å². The van der Waals surface area contributed by atoms with Crippen molar-refractivity contribution in [1.29, 1.82) is 0 Å². The Morgan fingerprint density at radius 1 is 1.06 bits per heavy atom. The second kappa shape index (κ2) is 14.2. The van der Waals surface area contributed by atoms with Gasteiger partial charge in [-0.1, -0.05) is 37.3 Å². The molecule has 0 bridgehead atoms. The number of hydrogen-bond acceptors (Lipinski definition) is 7. The average molecular weight is 502 g/mol. The van der Waals surface area contributed by atoms with E-state index in [1.165, 1.54) is 6.07 Å². The molecule has 0 unspecified atom stereocenters. The molecule has 9 nitrogen and oxygen atoms in total. The van der Waals surface area contributed by atoms with Crippen LogP contribution in [0, 0.1) is 5.82 Å². The van der Waals surface area contributed by atoms with Gasteiger partial charge in [-0.2, -0.15) is 0 Å². The average Bonchev–Trinajstić information content (AvgIpc) is 2.90. The zero-order valence-corrected chi connectivity index (χ0v) is 20.3. The Kier molecular flexibility index (Phi) is 10.7. The second-order valence-corrected chi connectivity index (χ2v) is 8.29. The number of carbonyl (C=O) groups excluding carboxylic acids is 3. The summed E-state index contributed by atoms with van der Waals surface area (Å²) < 4.78 is 29.7. The van der Waals surface area contributed by atoms with Crippen molar-refractivity contribution in [2.24, 2.45) is 0 Å². The lowest BCUT2D eigenvalue weighted by Crippen LogP contribution is -2.49. The van der Waals surface area contributed by atoms with Crippen LogP contribution >= 0.6 is 0 Å². The molecule has 0 saturated carbocycles. The number of esters is 1. The van der Waals surface area contributed by atoms with Crippen molar-refractivity contribution in [3.05, 3.63) is 71.0 Å². The summed E-state index contributed by atoms with van der Waals surface area (Å²) in [5.41, 5.74) is 1.57. The van der Waals surface area contributed by atoms with E-state index in [9.17, 15) is 18.8 Å². The Morgan fingerprint density at radius 2 is 1.81 bits per heavy atom. The van der Waals surface area contributed by atoms with Crippen molar-refractivity contribution >= 4 is 18.0 Å². The minimum absolute atomic E-state index is 0.0148. The molecule has 36 heavy (non-hydrogen) atoms. The van der Waals surface area contributed by atoms with Crippen LogP contribution in [0.5, 0.6) is 0 Å². The van der Waals surface area contributed by atoms with Crippen LogP contribution in [0.3, 0.4) is 0 Å². The molecule has 0 aliphatic carbocycles. The maximum atomic E-state index is 13.9. The van der Waals surface area contributed by atoms with Crippen LogP contribution in [0.2, 0.25) is 0 Å². The molecule has 0 aromatic heterocycles. The van der Waals surface area contributed by atoms with E-state index >= 15 is 0 Å². The Morgan fingerprint density at radius 3 is 2.53 bits per heavy atom. The number of nitrogens with zero attached hydrogens (tertiary/aromatic N) is 1. The van der Waals surface area contributed by atoms with E-state index in [0.29, 0.717) is 31.7 Å². The molecule has 2 aromatic carbocycles. The van der Waals surface area contributed by atoms with Crippen molar-refractivity contribution < 1.29 is 33.0 Å². The lowest BCUT2D eigenvalue weighted by Gasteiger charge is -2.26. The summed E-state index contributed by atoms with van der Waals surface area (Å²) in [7, 11) is 0. The number of benzene rings is 2. The Balaban J connectivity index is 1.57. The molecule has 0 radical (unpaired) electrons. The number of amides is 2. The molecular weight excluding hydrogens is 469 g/mol. The van der Waals surface area contributed by atoms with Gasteiger partial charge in [-0.15, -0.1) is 0 Å². The highest BCUT2D eigenvalue weighted by molar-refractivity contribution is 5.95. The number of morpholine rings is 1. The van der Waals surface area contributed by atoms with Gasteiger partial charge in [0.1, 0.15) is 25.1 Å². The summed E-state index contributed by atoms with van der Waals surface area (Å²) in [6.07, 6.45) is -0.271. The fourth-order valence-electron chi connectivity index (χ4n) is 3.58. The van der Waals surface area contributed by atoms with E-state index in [1.54, 1.807) is 18.2 Å². The van der Waals surface area contributed by atoms with Crippen molar-refractivity contribution in [3.63, 3.8) is 0 Å². The number of ether oxygens (including phenoxy) is 3. The Labute approximate surface area is 209 Å². The standard InChI is InChI=1S/C26H32FN3O6/c1-2-19-14-21(16-22(27)15-19)24(31)28-17-23(25(32)35-13-10-30-8-11-34-12-9-30)29-26(33)36-18-20-6-4-3-5-7-20/h3-7,14-16,23H,2,8-13,17-18H2,1H3,(H,28,31)(H,29,33)/t23-/m1/s1. The monoisotopic (exact) mass is 501 g/mol. The SMILES string of the molecule is CCc1cc(F)cc(C(=O)NC[C@@H](NC(=O)OCc2ccccc2)C(=O)OCCN2CCOCC2)c1. The summed E-state index contributed by atoms with van der Waals surface area (Å²) in [6, 6.07) is 11.9. The van der Waals surface area contributed by atoms with Crippen molar-refractivity contribution in [2.45, 2.75) is 26.0 Å². The van der Waals surface area contributed by atoms with Gasteiger partial charge in [-0.3, -0.25) is 9.69 Å². The number of alkyl carbamates (subject to hydrolysis) is 1. The first kappa shape index (κ1) is 27.1. The lowest BCUT2D eigenvalue weighted by molar-refractivity contribution is -0.146. The van der Waals surface area contributed by atoms with Gasteiger partial charge in [0.2, 0.25) is 0 Å². The predicted molar refractivity (Wildman–Crippen MR) is 130 cm³/mol. The van der Waals surface area contributed by atoms with Crippen LogP contribution in [-0.2, 0) is 32.0 Å². The van der Waals surface area contributed by atoms with Gasteiger partial charge >= 0.3 is 12.1 Å². The lowest BCUT2D eigenvalue weighted by atomic mass is 10.1. The summed E-state index contributed by atoms with van der Waals surface area (Å²) in [6.45, 7) is 4.99. The molecule has 2 aromatic rings. The molecule has 2 N–H and O–H groups in total. The van der Waals surface area contributed by atoms with Gasteiger partial charge < -0.3 is 24.8 Å². The van der Waals surface area contributed by atoms with E-state index in [2.05, 4.69) is 15.5 Å². The summed E-state index contributed by atoms with van der Waals surface area (Å²) in [5.74, 6) is -1.82. The van der Waals surface area contributed by atoms with E-state index in [-0.39, 0.29) is 25.3 Å². The third-order valence-electron chi connectivity index (χ3n) is 5.64. The molecule has 1 fully saturated rings. The van der Waals surface area contributed by atoms with E-state index in [4.69, 9.17) is 14.2 Å². The number of halogens is 1. The summed E-state index contributed by atoms with van der Waals surface area (Å²) >= 11 is 0. The van der Waals surface area contributed by atoms with Gasteiger partial charge in [0.05, 0.1) is 13.2 Å². The molecular formula is C26H32FN3O6. The van der Waals surface area contributed by atoms with Crippen LogP contribution in [0.25, 0.3) is 0 Å². The normalized spacial score (nSPS) is 14.5. The van der Waals surface area contributed by atoms with Gasteiger partial charge in [0.15, 0.2) is 0 Å². The third kappa shape index (κ3) is 8.94. The van der Waals surface area contributed by atoms with Crippen LogP contribution in [-0.4, -0.2) is 74.9 Å². The number of rotatable bonds is 11. The van der Waals surface area contributed by atoms with Gasteiger partial charge in [-0.25, -0.2) is 14.0 Å². The molecule has 1 saturated heterocycles. The van der Waals surface area contributed by atoms with Crippen molar-refractivity contribution in [1.82, 2.24) is 15.5 Å². The molecule has 1 atom stereocenters. The highest BCUT2D eigenvalue weighted by Crippen LogP contribution is 2.10. The molecule has 1 aliphatic heterocycles. The summed E-state index contributed by atoms with van der Waals surface area (Å²) in [5, 5.41) is 5.03. The van der Waals surface area contributed by atoms with Crippen LogP contribution < -0.4 is 10.6 Å². The molecule has 2 amide bonds. The number of carbonyl (C=O) groups is 3. The largest absolute Gasteiger partial charge is 0.463 e. The van der Waals surface area contributed by atoms with Gasteiger partial charge in [0.25, 0.3) is 5.91 Å². The first-order valence-electron chi connectivity index (χ1n) is 12.0. The topological polar surface area (TPSA) is 106 Å². The van der Waals surface area contributed by atoms with Gasteiger partial charge in [-0.05, 0) is 35.7 Å². The molecule has 1 heterocycles. The number of hydrogen-bond donors (Lipinski definition) is 2. The fourth-order valence-corrected chi connectivity index (χ4v) is 3.58. The van der Waals surface area contributed by atoms with E-state index < -0.39 is 29.8 Å².